The molecule has 0 bridgehead atoms. The van der Waals surface area contributed by atoms with Gasteiger partial charge < -0.3 is 4.74 Å². The third kappa shape index (κ3) is 3.69. The second-order valence-corrected chi connectivity index (χ2v) is 6.63. The van der Waals surface area contributed by atoms with Crippen molar-refractivity contribution in [1.29, 1.82) is 0 Å². The van der Waals surface area contributed by atoms with Crippen LogP contribution in [-0.4, -0.2) is 31.7 Å². The molecule has 2 nitrogen and oxygen atoms in total. The fraction of sp³-hybridized carbons (Fsp3) is 1.00. The Hall–Kier alpha value is 0.350. The van der Waals surface area contributed by atoms with E-state index in [0.717, 1.165) is 21.5 Å². The molecule has 1 heterocycles. The summed E-state index contributed by atoms with van der Waals surface area (Å²) in [6, 6.07) is 0. The molecule has 1 rings (SSSR count). The van der Waals surface area contributed by atoms with Crippen LogP contribution in [0, 0.1) is 11.3 Å². The van der Waals surface area contributed by atoms with Crippen LogP contribution in [-0.2, 0) is 4.74 Å². The maximum absolute atomic E-state index is 6.11. The molecule has 0 aliphatic carbocycles. The van der Waals surface area contributed by atoms with E-state index in [2.05, 4.69) is 39.7 Å². The topological polar surface area (TPSA) is 21.3 Å². The van der Waals surface area contributed by atoms with E-state index in [0.29, 0.717) is 17.4 Å². The van der Waals surface area contributed by atoms with E-state index in [1.54, 1.807) is 0 Å². The van der Waals surface area contributed by atoms with Gasteiger partial charge in [0.05, 0.1) is 6.10 Å². The lowest BCUT2D eigenvalue weighted by Gasteiger charge is -2.43. The van der Waals surface area contributed by atoms with Crippen molar-refractivity contribution < 1.29 is 4.74 Å². The summed E-state index contributed by atoms with van der Waals surface area (Å²) < 4.78 is 6.11. The monoisotopic (exact) mass is 231 g/mol. The molecule has 0 aromatic carbocycles. The zero-order valence-corrected chi connectivity index (χ0v) is 11.8. The summed E-state index contributed by atoms with van der Waals surface area (Å²) in [6.07, 6.45) is 3.03. The molecular weight excluding hydrogens is 205 g/mol. The maximum atomic E-state index is 6.11. The molecule has 4 unspecified atom stereocenters. The van der Waals surface area contributed by atoms with Crippen LogP contribution >= 0.6 is 8.58 Å². The molecule has 15 heavy (non-hydrogen) atoms. The van der Waals surface area contributed by atoms with Crippen LogP contribution in [0.5, 0.6) is 0 Å². The van der Waals surface area contributed by atoms with Crippen LogP contribution in [0.3, 0.4) is 0 Å². The first-order valence-electron chi connectivity index (χ1n) is 6.02. The van der Waals surface area contributed by atoms with Gasteiger partial charge in [-0.25, -0.2) is 0 Å². The number of hydrogen-bond donors (Lipinski definition) is 1. The first kappa shape index (κ1) is 13.4. The molecule has 1 saturated heterocycles. The Labute approximate surface area is 96.3 Å². The zero-order valence-electron chi connectivity index (χ0n) is 10.8. The molecular formula is C12H26NOP. The van der Waals surface area contributed by atoms with Crippen LogP contribution in [0.1, 0.15) is 34.1 Å². The molecule has 0 saturated carbocycles. The second-order valence-electron chi connectivity index (χ2n) is 5.51. The SMILES string of the molecule is CCC1NCC(C(C)(C)C)C(CPC)O1. The Morgan fingerprint density at radius 1 is 1.40 bits per heavy atom. The third-order valence-corrected chi connectivity index (χ3v) is 4.05. The van der Waals surface area contributed by atoms with E-state index < -0.39 is 0 Å². The van der Waals surface area contributed by atoms with Gasteiger partial charge in [-0.1, -0.05) is 27.7 Å². The van der Waals surface area contributed by atoms with E-state index in [9.17, 15) is 0 Å². The van der Waals surface area contributed by atoms with Crippen molar-refractivity contribution in [3.63, 3.8) is 0 Å². The highest BCUT2D eigenvalue weighted by atomic mass is 31.1. The Bertz CT molecular complexity index is 191. The second kappa shape index (κ2) is 5.61. The van der Waals surface area contributed by atoms with Crippen molar-refractivity contribution in [2.45, 2.75) is 46.4 Å². The Morgan fingerprint density at radius 2 is 2.07 bits per heavy atom. The average molecular weight is 231 g/mol. The summed E-state index contributed by atoms with van der Waals surface area (Å²) >= 11 is 0. The highest BCUT2D eigenvalue weighted by molar-refractivity contribution is 7.37. The number of nitrogens with one attached hydrogen (secondary N) is 1. The molecule has 1 aliphatic rings. The van der Waals surface area contributed by atoms with Crippen molar-refractivity contribution in [2.75, 3.05) is 19.4 Å². The van der Waals surface area contributed by atoms with E-state index in [1.807, 2.05) is 0 Å². The van der Waals surface area contributed by atoms with Gasteiger partial charge >= 0.3 is 0 Å². The lowest BCUT2D eigenvalue weighted by Crippen LogP contribution is -2.53. The predicted octanol–water partition coefficient (Wildman–Crippen LogP) is 2.68. The fourth-order valence-corrected chi connectivity index (χ4v) is 3.02. The minimum Gasteiger partial charge on any atom is -0.359 e. The van der Waals surface area contributed by atoms with Crippen molar-refractivity contribution in [2.24, 2.45) is 11.3 Å². The molecule has 0 spiro atoms. The molecule has 1 N–H and O–H groups in total. The van der Waals surface area contributed by atoms with Crippen LogP contribution in [0.4, 0.5) is 0 Å². The zero-order chi connectivity index (χ0) is 11.5. The van der Waals surface area contributed by atoms with E-state index in [4.69, 9.17) is 4.74 Å². The highest BCUT2D eigenvalue weighted by Gasteiger charge is 2.36. The molecule has 0 aromatic rings. The minimum atomic E-state index is 0.282. The number of hydrogen-bond acceptors (Lipinski definition) is 2. The average Bonchev–Trinajstić information content (AvgIpc) is 2.16. The van der Waals surface area contributed by atoms with Crippen LogP contribution in [0.15, 0.2) is 0 Å². The summed E-state index contributed by atoms with van der Waals surface area (Å²) in [6.45, 7) is 12.5. The maximum Gasteiger partial charge on any atom is 0.108 e. The molecule has 1 fully saturated rings. The summed E-state index contributed by atoms with van der Waals surface area (Å²) in [7, 11) is 0.992. The van der Waals surface area contributed by atoms with E-state index >= 15 is 0 Å². The first-order chi connectivity index (χ1) is 6.99. The highest BCUT2D eigenvalue weighted by Crippen LogP contribution is 2.34. The first-order valence-corrected chi connectivity index (χ1v) is 7.73. The predicted molar refractivity (Wildman–Crippen MR) is 69.0 cm³/mol. The van der Waals surface area contributed by atoms with Crippen molar-refractivity contribution in [1.82, 2.24) is 5.32 Å². The summed E-state index contributed by atoms with van der Waals surface area (Å²) in [4.78, 5) is 0. The Balaban J connectivity index is 2.63. The Morgan fingerprint density at radius 3 is 2.53 bits per heavy atom. The van der Waals surface area contributed by atoms with Gasteiger partial charge in [-0.2, -0.15) is 0 Å². The van der Waals surface area contributed by atoms with Gasteiger partial charge in [0.2, 0.25) is 0 Å². The van der Waals surface area contributed by atoms with Gasteiger partial charge in [-0.3, -0.25) is 5.32 Å². The van der Waals surface area contributed by atoms with Crippen LogP contribution < -0.4 is 5.32 Å². The molecule has 3 heteroatoms. The quantitative estimate of drug-likeness (QED) is 0.754. The lowest BCUT2D eigenvalue weighted by atomic mass is 9.77. The van der Waals surface area contributed by atoms with Crippen molar-refractivity contribution in [3.8, 4) is 0 Å². The van der Waals surface area contributed by atoms with Crippen LogP contribution in [0.25, 0.3) is 0 Å². The summed E-state index contributed by atoms with van der Waals surface area (Å²) in [5, 5.41) is 3.49. The molecule has 0 radical (unpaired) electrons. The largest absolute Gasteiger partial charge is 0.359 e. The molecule has 0 amide bonds. The van der Waals surface area contributed by atoms with Gasteiger partial charge in [0, 0.05) is 12.5 Å². The van der Waals surface area contributed by atoms with Gasteiger partial charge in [-0.15, -0.1) is 8.58 Å². The lowest BCUT2D eigenvalue weighted by molar-refractivity contribution is -0.107. The van der Waals surface area contributed by atoms with Gasteiger partial charge in [-0.05, 0) is 24.7 Å². The van der Waals surface area contributed by atoms with Gasteiger partial charge in [0.15, 0.2) is 0 Å². The molecule has 90 valence electrons. The van der Waals surface area contributed by atoms with Crippen molar-refractivity contribution >= 4 is 8.58 Å². The van der Waals surface area contributed by atoms with E-state index in [-0.39, 0.29) is 6.23 Å². The normalized spacial score (nSPS) is 33.8. The van der Waals surface area contributed by atoms with E-state index in [1.165, 1.54) is 6.16 Å². The third-order valence-electron chi connectivity index (χ3n) is 3.24. The fourth-order valence-electron chi connectivity index (χ4n) is 2.24. The minimum absolute atomic E-state index is 0.282. The smallest absolute Gasteiger partial charge is 0.108 e. The molecule has 1 aliphatic heterocycles. The summed E-state index contributed by atoms with van der Waals surface area (Å²) in [5.74, 6) is 0.646. The number of rotatable bonds is 3. The molecule has 0 aromatic heterocycles. The van der Waals surface area contributed by atoms with Gasteiger partial charge in [0.25, 0.3) is 0 Å². The van der Waals surface area contributed by atoms with Gasteiger partial charge in [0.1, 0.15) is 6.23 Å². The molecule has 4 atom stereocenters. The van der Waals surface area contributed by atoms with Crippen LogP contribution in [0.2, 0.25) is 0 Å². The number of ether oxygens (including phenoxy) is 1. The van der Waals surface area contributed by atoms with Crippen molar-refractivity contribution in [3.05, 3.63) is 0 Å². The standard InChI is InChI=1S/C12H26NOP/c1-6-11-13-7-9(12(2,3)4)10(14-11)8-15-5/h9-11,13,15H,6-8H2,1-5H3. The summed E-state index contributed by atoms with van der Waals surface area (Å²) in [5.41, 5.74) is 0.343. The Kier molecular flexibility index (Phi) is 5.02.